The first-order chi connectivity index (χ1) is 26.7. The largest absolute Gasteiger partial charge is 0.741 e. The number of carbonyl (C=O) groups excluding carboxylic acids is 1. The number of nitrogens with zero attached hydrogens (tertiary/aromatic N) is 6. The van der Waals surface area contributed by atoms with Gasteiger partial charge in [0.1, 0.15) is 24.4 Å². The van der Waals surface area contributed by atoms with E-state index in [0.717, 1.165) is 65.6 Å². The molecule has 5 rings (SSSR count). The minimum Gasteiger partial charge on any atom is -0.741 e. The molecule has 1 aliphatic heterocycles. The Labute approximate surface area is 328 Å². The number of hydrogen-bond donors (Lipinski definition) is 3. The number of carbonyl (C=O) groups is 2. The first-order valence-electron chi connectivity index (χ1n) is 17.3. The van der Waals surface area contributed by atoms with Crippen molar-refractivity contribution in [2.75, 3.05) is 50.8 Å². The third-order valence-corrected chi connectivity index (χ3v) is 9.59. The van der Waals surface area contributed by atoms with Crippen molar-refractivity contribution in [1.82, 2.24) is 25.1 Å². The number of ether oxygens (including phenoxy) is 1. The number of thiazole rings is 1. The number of aryl methyl sites for hydroxylation is 2. The fraction of sp³-hybridized carbons (Fsp3) is 0.441. The molecule has 0 aliphatic carbocycles. The van der Waals surface area contributed by atoms with Crippen molar-refractivity contribution in [2.24, 2.45) is 12.8 Å². The van der Waals surface area contributed by atoms with E-state index in [9.17, 15) is 31.1 Å². The number of amides is 2. The number of nitrogens with one attached hydrogen (secondary N) is 1. The lowest BCUT2D eigenvalue weighted by molar-refractivity contribution is -0.738. The summed E-state index contributed by atoms with van der Waals surface area (Å²) < 4.78 is 101. The zero-order chi connectivity index (χ0) is 42.6. The Morgan fingerprint density at radius 2 is 1.74 bits per heavy atom. The molecule has 15 nitrogen and oxygen atoms in total. The van der Waals surface area contributed by atoms with Crippen LogP contribution in [0.1, 0.15) is 32.4 Å². The number of carboxylic acid groups (broad SMARTS) is 1. The summed E-state index contributed by atoms with van der Waals surface area (Å²) in [5, 5.41) is 17.6. The second kappa shape index (κ2) is 20.4. The Bertz CT molecular complexity index is 2040. The molecule has 0 bridgehead atoms. The maximum atomic E-state index is 12.0. The van der Waals surface area contributed by atoms with Crippen molar-refractivity contribution < 1.29 is 63.4 Å². The third kappa shape index (κ3) is 13.6. The highest BCUT2D eigenvalue weighted by molar-refractivity contribution is 7.86. The van der Waals surface area contributed by atoms with Gasteiger partial charge in [-0.15, -0.1) is 20.7 Å². The molecule has 4 aromatic rings. The summed E-state index contributed by atoms with van der Waals surface area (Å²) in [6.07, 6.45) is -0.0845. The number of benzene rings is 2. The van der Waals surface area contributed by atoms with Crippen molar-refractivity contribution in [3.63, 3.8) is 0 Å². The summed E-state index contributed by atoms with van der Waals surface area (Å²) in [6.45, 7) is 9.24. The summed E-state index contributed by atoms with van der Waals surface area (Å²) >= 11 is 1.60. The molecule has 2 amide bonds. The molecule has 2 aromatic heterocycles. The monoisotopic (exact) mass is 852 g/mol. The average molecular weight is 853 g/mol. The van der Waals surface area contributed by atoms with Gasteiger partial charge in [-0.05, 0) is 57.5 Å². The number of rotatable bonds is 14. The number of aliphatic carboxylic acids is 1. The van der Waals surface area contributed by atoms with Crippen LogP contribution in [0, 0.1) is 0 Å². The molecule has 0 unspecified atom stereocenters. The van der Waals surface area contributed by atoms with E-state index in [1.165, 1.54) is 5.69 Å². The van der Waals surface area contributed by atoms with E-state index in [1.807, 2.05) is 28.5 Å². The molecule has 23 heteroatoms. The Kier molecular flexibility index (Phi) is 16.6. The Balaban J connectivity index is 0.000000491. The zero-order valence-electron chi connectivity index (χ0n) is 31.0. The molecule has 0 spiro atoms. The van der Waals surface area contributed by atoms with Gasteiger partial charge in [0.25, 0.3) is 0 Å². The predicted octanol–water partition coefficient (Wildman–Crippen LogP) is 4.70. The van der Waals surface area contributed by atoms with Crippen LogP contribution in [-0.4, -0.2) is 107 Å². The van der Waals surface area contributed by atoms with E-state index in [0.29, 0.717) is 38.5 Å². The summed E-state index contributed by atoms with van der Waals surface area (Å²) in [5.74, 6) is -2.04. The Hall–Kier alpha value is -5.00. The first-order valence-corrected chi connectivity index (χ1v) is 19.6. The predicted molar refractivity (Wildman–Crippen MR) is 197 cm³/mol. The van der Waals surface area contributed by atoms with Crippen LogP contribution in [0.3, 0.4) is 0 Å². The second-order valence-electron chi connectivity index (χ2n) is 12.0. The molecule has 1 saturated heterocycles. The van der Waals surface area contributed by atoms with Crippen LogP contribution in [0.25, 0.3) is 27.5 Å². The smallest absolute Gasteiger partial charge is 0.490 e. The van der Waals surface area contributed by atoms with Crippen LogP contribution >= 0.6 is 11.3 Å². The lowest BCUT2D eigenvalue weighted by Crippen LogP contribution is -2.35. The quantitative estimate of drug-likeness (QED) is 0.0522. The van der Waals surface area contributed by atoms with Crippen LogP contribution in [0.5, 0.6) is 5.75 Å². The van der Waals surface area contributed by atoms with E-state index in [-0.39, 0.29) is 6.03 Å². The van der Waals surface area contributed by atoms with Gasteiger partial charge < -0.3 is 35.2 Å². The van der Waals surface area contributed by atoms with Crippen molar-refractivity contribution in [1.29, 1.82) is 0 Å². The summed E-state index contributed by atoms with van der Waals surface area (Å²) in [7, 11) is -4.13. The maximum absolute atomic E-state index is 12.0. The van der Waals surface area contributed by atoms with Crippen LogP contribution in [0.4, 0.5) is 36.8 Å². The first kappa shape index (κ1) is 46.4. The van der Waals surface area contributed by atoms with Gasteiger partial charge >= 0.3 is 23.7 Å². The van der Waals surface area contributed by atoms with Gasteiger partial charge in [0.05, 0.1) is 23.0 Å². The molecule has 1 aliphatic rings. The van der Waals surface area contributed by atoms with Crippen molar-refractivity contribution >= 4 is 39.1 Å². The number of nitrogens with two attached hydrogens (primary N) is 1. The SMILES string of the molecule is CCN(CC)c1ccc(-c2csc(-c3ccc(-n4cc(CCCCN)[n+](C)n4)cc3OCCN3CCNC3=O)n2)cc1.O=C(O)C(F)(F)F.O=S(=O)([O-])C(F)(F)F. The van der Waals surface area contributed by atoms with Crippen LogP contribution in [0.15, 0.2) is 54.0 Å². The molecule has 2 aromatic carbocycles. The normalized spacial score (nSPS) is 13.0. The lowest BCUT2D eigenvalue weighted by atomic mass is 10.1. The summed E-state index contributed by atoms with van der Waals surface area (Å²) in [6, 6.07) is 14.7. The van der Waals surface area contributed by atoms with Crippen LogP contribution in [0.2, 0.25) is 0 Å². The summed E-state index contributed by atoms with van der Waals surface area (Å²) in [5.41, 5.74) is 6.23. The van der Waals surface area contributed by atoms with E-state index in [2.05, 4.69) is 66.0 Å². The minimum atomic E-state index is -6.09. The van der Waals surface area contributed by atoms with Gasteiger partial charge in [0, 0.05) is 55.3 Å². The van der Waals surface area contributed by atoms with Gasteiger partial charge in [-0.3, -0.25) is 0 Å². The van der Waals surface area contributed by atoms with Gasteiger partial charge in [-0.25, -0.2) is 23.0 Å². The van der Waals surface area contributed by atoms with E-state index < -0.39 is 27.8 Å². The molecular weight excluding hydrogens is 811 g/mol. The molecule has 0 saturated carbocycles. The number of anilines is 1. The lowest BCUT2D eigenvalue weighted by Gasteiger charge is -2.20. The van der Waals surface area contributed by atoms with Gasteiger partial charge in [0.15, 0.2) is 27.7 Å². The highest BCUT2D eigenvalue weighted by Gasteiger charge is 2.38. The second-order valence-corrected chi connectivity index (χ2v) is 14.3. The van der Waals surface area contributed by atoms with E-state index in [1.54, 1.807) is 16.2 Å². The number of unbranched alkanes of at least 4 members (excludes halogenated alkanes) is 1. The van der Waals surface area contributed by atoms with Gasteiger partial charge in [-0.2, -0.15) is 26.3 Å². The van der Waals surface area contributed by atoms with Crippen LogP contribution < -0.4 is 25.4 Å². The summed E-state index contributed by atoms with van der Waals surface area (Å²) in [4.78, 5) is 30.0. The topological polar surface area (TPSA) is 200 Å². The number of halogens is 6. The molecule has 3 heterocycles. The minimum absolute atomic E-state index is 0.0460. The highest BCUT2D eigenvalue weighted by Crippen LogP contribution is 2.36. The molecular formula is C34H42F6N8O7S2. The molecule has 4 N–H and O–H groups in total. The number of hydrogen-bond acceptors (Lipinski definition) is 11. The molecule has 1 fully saturated rings. The van der Waals surface area contributed by atoms with Crippen molar-refractivity contribution in [2.45, 2.75) is 44.8 Å². The third-order valence-electron chi connectivity index (χ3n) is 8.15. The van der Waals surface area contributed by atoms with Gasteiger partial charge in [-0.1, -0.05) is 12.1 Å². The van der Waals surface area contributed by atoms with E-state index in [4.69, 9.17) is 43.5 Å². The number of aromatic nitrogens is 4. The van der Waals surface area contributed by atoms with E-state index >= 15 is 0 Å². The highest BCUT2D eigenvalue weighted by atomic mass is 32.2. The van der Waals surface area contributed by atoms with Gasteiger partial charge in [0.2, 0.25) is 0 Å². The standard InChI is InChI=1S/C31H40N8O2S.C2HF3O2.CHF3O3S/c1-4-37(5-2)24-11-9-23(10-12-24)28-22-42-30(34-28)27-14-13-25(39-21-26(36(3)35-39)8-6-7-15-32)20-29(27)41-19-18-38-17-16-33-31(38)40;3-2(4,5)1(6)7;2-1(3,4)8(5,6)7/h9-14,20-22H,4-8,15-19,32H2,1-3H3;(H,6,7);(H,5,6,7). The number of alkyl halides is 6. The van der Waals surface area contributed by atoms with Crippen LogP contribution in [-0.2, 0) is 28.4 Å². The molecule has 314 valence electrons. The Morgan fingerprint density at radius 3 is 2.26 bits per heavy atom. The fourth-order valence-corrected chi connectivity index (χ4v) is 6.02. The molecule has 57 heavy (non-hydrogen) atoms. The van der Waals surface area contributed by atoms with Crippen molar-refractivity contribution in [3.8, 4) is 33.3 Å². The molecule has 0 radical (unpaired) electrons. The number of urea groups is 1. The maximum Gasteiger partial charge on any atom is 0.490 e. The van der Waals surface area contributed by atoms with Crippen molar-refractivity contribution in [3.05, 3.63) is 59.7 Å². The Morgan fingerprint density at radius 1 is 1.11 bits per heavy atom. The average Bonchev–Trinajstić information content (AvgIpc) is 3.89. The zero-order valence-corrected chi connectivity index (χ0v) is 32.6. The number of carboxylic acids is 1. The fourth-order valence-electron chi connectivity index (χ4n) is 5.16. The molecule has 0 atom stereocenters.